The van der Waals surface area contributed by atoms with E-state index in [1.165, 1.54) is 10.5 Å². The number of thiocarbonyl (C=S) groups is 1. The van der Waals surface area contributed by atoms with Crippen molar-refractivity contribution in [1.29, 1.82) is 0 Å². The van der Waals surface area contributed by atoms with Gasteiger partial charge in [0.25, 0.3) is 11.8 Å². The normalized spacial score (nSPS) is 16.2. The van der Waals surface area contributed by atoms with Crippen molar-refractivity contribution < 1.29 is 9.59 Å². The van der Waals surface area contributed by atoms with Gasteiger partial charge in [0, 0.05) is 17.9 Å². The number of aryl methyl sites for hydroxylation is 2. The number of carbonyl (C=O) groups is 2. The minimum atomic E-state index is -0.465. The van der Waals surface area contributed by atoms with Gasteiger partial charge in [0.2, 0.25) is 0 Å². The lowest BCUT2D eigenvalue weighted by atomic mass is 10.1. The summed E-state index contributed by atoms with van der Waals surface area (Å²) in [6, 6.07) is 9.60. The van der Waals surface area contributed by atoms with Crippen molar-refractivity contribution in [3.63, 3.8) is 0 Å². The lowest BCUT2D eigenvalue weighted by molar-refractivity contribution is -0.122. The monoisotopic (exact) mass is 381 g/mol. The third kappa shape index (κ3) is 3.45. The Balaban J connectivity index is 2.02. The van der Waals surface area contributed by atoms with E-state index >= 15 is 0 Å². The molecule has 1 aliphatic rings. The van der Waals surface area contributed by atoms with Gasteiger partial charge in [-0.2, -0.15) is 0 Å². The summed E-state index contributed by atoms with van der Waals surface area (Å²) in [7, 11) is 0. The van der Waals surface area contributed by atoms with E-state index in [9.17, 15) is 9.59 Å². The average Bonchev–Trinajstić information content (AvgIpc) is 2.91. The van der Waals surface area contributed by atoms with Crippen molar-refractivity contribution in [3.05, 3.63) is 58.4 Å². The second-order valence-corrected chi connectivity index (χ2v) is 6.94. The molecule has 0 bridgehead atoms. The fourth-order valence-electron chi connectivity index (χ4n) is 3.39. The molecule has 2 amide bonds. The molecule has 2 heterocycles. The van der Waals surface area contributed by atoms with Gasteiger partial charge in [-0.05, 0) is 74.8 Å². The quantitative estimate of drug-likeness (QED) is 0.501. The van der Waals surface area contributed by atoms with E-state index < -0.39 is 11.8 Å². The number of hydrogen-bond acceptors (Lipinski definition) is 3. The zero-order valence-corrected chi connectivity index (χ0v) is 16.8. The van der Waals surface area contributed by atoms with Gasteiger partial charge in [0.15, 0.2) is 5.11 Å². The van der Waals surface area contributed by atoms with Crippen molar-refractivity contribution in [2.24, 2.45) is 0 Å². The van der Waals surface area contributed by atoms with E-state index in [1.54, 1.807) is 6.08 Å². The van der Waals surface area contributed by atoms with Crippen LogP contribution in [0.3, 0.4) is 0 Å². The summed E-state index contributed by atoms with van der Waals surface area (Å²) in [5.41, 5.74) is 4.87. The van der Waals surface area contributed by atoms with E-state index in [1.807, 2.05) is 44.2 Å². The Morgan fingerprint density at radius 1 is 1.11 bits per heavy atom. The molecule has 1 aromatic carbocycles. The smallest absolute Gasteiger partial charge is 0.270 e. The first-order valence-electron chi connectivity index (χ1n) is 9.04. The summed E-state index contributed by atoms with van der Waals surface area (Å²) in [5.74, 6) is -0.873. The molecule has 0 radical (unpaired) electrons. The average molecular weight is 382 g/mol. The maximum Gasteiger partial charge on any atom is 0.270 e. The number of nitrogens with zero attached hydrogens (tertiary/aromatic N) is 2. The molecule has 1 N–H and O–H groups in total. The summed E-state index contributed by atoms with van der Waals surface area (Å²) in [6.07, 6.45) is 2.56. The summed E-state index contributed by atoms with van der Waals surface area (Å²) < 4.78 is 2.14. The number of anilines is 1. The van der Waals surface area contributed by atoms with Crippen LogP contribution in [0.15, 0.2) is 35.9 Å². The largest absolute Gasteiger partial charge is 0.349 e. The fourth-order valence-corrected chi connectivity index (χ4v) is 3.67. The van der Waals surface area contributed by atoms with Crippen LogP contribution in [0.1, 0.15) is 36.4 Å². The molecular formula is C21H23N3O2S. The molecule has 3 rings (SSSR count). The minimum Gasteiger partial charge on any atom is -0.349 e. The van der Waals surface area contributed by atoms with Crippen LogP contribution in [0.25, 0.3) is 6.08 Å². The molecule has 0 saturated carbocycles. The number of hydrogen-bond donors (Lipinski definition) is 1. The number of carbonyl (C=O) groups excluding carboxylic acids is 2. The molecule has 0 atom stereocenters. The number of aromatic nitrogens is 1. The van der Waals surface area contributed by atoms with Gasteiger partial charge in [-0.3, -0.25) is 19.8 Å². The molecule has 0 unspecified atom stereocenters. The molecule has 0 spiro atoms. The number of amides is 2. The molecule has 1 saturated heterocycles. The Morgan fingerprint density at radius 3 is 2.33 bits per heavy atom. The van der Waals surface area contributed by atoms with E-state index in [0.717, 1.165) is 29.9 Å². The molecule has 2 aromatic rings. The predicted octanol–water partition coefficient (Wildman–Crippen LogP) is 3.52. The van der Waals surface area contributed by atoms with Crippen LogP contribution in [0.2, 0.25) is 0 Å². The van der Waals surface area contributed by atoms with E-state index in [2.05, 4.69) is 23.7 Å². The van der Waals surface area contributed by atoms with Crippen molar-refractivity contribution in [2.45, 2.75) is 40.7 Å². The van der Waals surface area contributed by atoms with Crippen LogP contribution in [0.5, 0.6) is 0 Å². The first kappa shape index (κ1) is 19.0. The lowest BCUT2D eigenvalue weighted by Crippen LogP contribution is -2.54. The van der Waals surface area contributed by atoms with Gasteiger partial charge < -0.3 is 4.57 Å². The van der Waals surface area contributed by atoms with Crippen molar-refractivity contribution in [3.8, 4) is 0 Å². The molecule has 1 fully saturated rings. The van der Waals surface area contributed by atoms with Crippen LogP contribution < -0.4 is 10.2 Å². The first-order valence-corrected chi connectivity index (χ1v) is 9.45. The third-order valence-electron chi connectivity index (χ3n) is 4.93. The molecular weight excluding hydrogens is 358 g/mol. The highest BCUT2D eigenvalue weighted by Gasteiger charge is 2.34. The van der Waals surface area contributed by atoms with Gasteiger partial charge in [-0.15, -0.1) is 0 Å². The topological polar surface area (TPSA) is 54.3 Å². The van der Waals surface area contributed by atoms with Gasteiger partial charge in [0.05, 0.1) is 5.69 Å². The van der Waals surface area contributed by atoms with Crippen LogP contribution in [-0.4, -0.2) is 21.5 Å². The Hall–Kier alpha value is -2.73. The van der Waals surface area contributed by atoms with Gasteiger partial charge >= 0.3 is 0 Å². The Bertz CT molecular complexity index is 955. The standard InChI is InChI=1S/C21H23N3O2S/c1-5-15-7-9-17(10-8-15)24-20(26)18(19(25)22-21(24)27)12-16-11-13(3)23(6-2)14(16)4/h7-12H,5-6H2,1-4H3,(H,22,25,27)/b18-12+. The summed E-state index contributed by atoms with van der Waals surface area (Å²) >= 11 is 5.25. The molecule has 6 heteroatoms. The molecule has 1 aromatic heterocycles. The molecule has 5 nitrogen and oxygen atoms in total. The highest BCUT2D eigenvalue weighted by Crippen LogP contribution is 2.24. The Morgan fingerprint density at radius 2 is 1.78 bits per heavy atom. The second-order valence-electron chi connectivity index (χ2n) is 6.55. The van der Waals surface area contributed by atoms with Crippen molar-refractivity contribution >= 4 is 40.9 Å². The summed E-state index contributed by atoms with van der Waals surface area (Å²) in [4.78, 5) is 26.9. The maximum absolute atomic E-state index is 13.1. The number of rotatable bonds is 4. The predicted molar refractivity (Wildman–Crippen MR) is 112 cm³/mol. The summed E-state index contributed by atoms with van der Waals surface area (Å²) in [6.45, 7) is 8.97. The maximum atomic E-state index is 13.1. The van der Waals surface area contributed by atoms with Crippen LogP contribution in [-0.2, 0) is 22.6 Å². The third-order valence-corrected chi connectivity index (χ3v) is 5.22. The van der Waals surface area contributed by atoms with Crippen molar-refractivity contribution in [2.75, 3.05) is 4.90 Å². The van der Waals surface area contributed by atoms with Gasteiger partial charge in [0.1, 0.15) is 5.57 Å². The molecule has 27 heavy (non-hydrogen) atoms. The van der Waals surface area contributed by atoms with E-state index in [4.69, 9.17) is 12.2 Å². The lowest BCUT2D eigenvalue weighted by Gasteiger charge is -2.29. The highest BCUT2D eigenvalue weighted by molar-refractivity contribution is 7.80. The highest BCUT2D eigenvalue weighted by atomic mass is 32.1. The van der Waals surface area contributed by atoms with Crippen molar-refractivity contribution in [1.82, 2.24) is 9.88 Å². The SMILES string of the molecule is CCc1ccc(N2C(=O)/C(=C/c3cc(C)n(CC)c3C)C(=O)NC2=S)cc1. The Kier molecular flexibility index (Phi) is 5.28. The van der Waals surface area contributed by atoms with E-state index in [-0.39, 0.29) is 10.7 Å². The Labute approximate surface area is 164 Å². The first-order chi connectivity index (χ1) is 12.9. The number of nitrogens with one attached hydrogen (secondary N) is 1. The zero-order valence-electron chi connectivity index (χ0n) is 16.0. The molecule has 0 aliphatic carbocycles. The zero-order chi connectivity index (χ0) is 19.7. The second kappa shape index (κ2) is 7.48. The molecule has 1 aliphatic heterocycles. The van der Waals surface area contributed by atoms with Crippen LogP contribution >= 0.6 is 12.2 Å². The van der Waals surface area contributed by atoms with Crippen LogP contribution in [0, 0.1) is 13.8 Å². The van der Waals surface area contributed by atoms with Crippen LogP contribution in [0.4, 0.5) is 5.69 Å². The van der Waals surface area contributed by atoms with Gasteiger partial charge in [-0.1, -0.05) is 19.1 Å². The fraction of sp³-hybridized carbons (Fsp3) is 0.286. The molecule has 140 valence electrons. The van der Waals surface area contributed by atoms with E-state index in [0.29, 0.717) is 5.69 Å². The number of benzene rings is 1. The summed E-state index contributed by atoms with van der Waals surface area (Å²) in [5, 5.41) is 2.74. The van der Waals surface area contributed by atoms with Gasteiger partial charge in [-0.25, -0.2) is 0 Å². The minimum absolute atomic E-state index is 0.0829.